The molecule has 1 saturated heterocycles. The van der Waals surface area contributed by atoms with Crippen LogP contribution >= 0.6 is 15.9 Å². The van der Waals surface area contributed by atoms with Gasteiger partial charge in [-0.15, -0.1) is 0 Å². The van der Waals surface area contributed by atoms with Crippen LogP contribution in [-0.4, -0.2) is 56.9 Å². The number of benzene rings is 2. The molecule has 0 saturated carbocycles. The second-order valence-electron chi connectivity index (χ2n) is 6.45. The second kappa shape index (κ2) is 8.69. The fourth-order valence-electron chi connectivity index (χ4n) is 2.92. The van der Waals surface area contributed by atoms with Crippen LogP contribution in [-0.2, 0) is 21.3 Å². The number of sulfonamides is 1. The van der Waals surface area contributed by atoms with Crippen LogP contribution in [0.2, 0.25) is 0 Å². The van der Waals surface area contributed by atoms with Gasteiger partial charge < -0.3 is 9.64 Å². The van der Waals surface area contributed by atoms with E-state index in [1.807, 2.05) is 0 Å². The lowest BCUT2D eigenvalue weighted by Crippen LogP contribution is -2.40. The molecular formula is C19H20BrFN2O4S. The van der Waals surface area contributed by atoms with Crippen molar-refractivity contribution in [1.29, 1.82) is 0 Å². The molecule has 9 heteroatoms. The van der Waals surface area contributed by atoms with E-state index in [1.54, 1.807) is 31.3 Å². The molecule has 0 atom stereocenters. The van der Waals surface area contributed by atoms with E-state index in [2.05, 4.69) is 15.9 Å². The van der Waals surface area contributed by atoms with Gasteiger partial charge >= 0.3 is 0 Å². The van der Waals surface area contributed by atoms with Gasteiger partial charge in [-0.3, -0.25) is 4.79 Å². The number of rotatable bonds is 5. The van der Waals surface area contributed by atoms with Gasteiger partial charge in [0.1, 0.15) is 5.82 Å². The maximum absolute atomic E-state index is 13.0. The first kappa shape index (κ1) is 20.9. The summed E-state index contributed by atoms with van der Waals surface area (Å²) in [6, 6.07) is 10.4. The molecular weight excluding hydrogens is 451 g/mol. The molecule has 2 aromatic rings. The lowest BCUT2D eigenvalue weighted by Gasteiger charge is -2.26. The molecule has 1 aliphatic rings. The normalized spacial score (nSPS) is 15.4. The Bertz CT molecular complexity index is 960. The summed E-state index contributed by atoms with van der Waals surface area (Å²) in [7, 11) is -2.13. The number of morpholine rings is 1. The Morgan fingerprint density at radius 1 is 1.18 bits per heavy atom. The molecule has 6 nitrogen and oxygen atoms in total. The predicted molar refractivity (Wildman–Crippen MR) is 106 cm³/mol. The number of carbonyl (C=O) groups excluding carboxylic acids is 1. The van der Waals surface area contributed by atoms with Crippen LogP contribution < -0.4 is 0 Å². The van der Waals surface area contributed by atoms with Crippen LogP contribution in [0, 0.1) is 5.82 Å². The van der Waals surface area contributed by atoms with E-state index in [4.69, 9.17) is 4.74 Å². The van der Waals surface area contributed by atoms with Crippen LogP contribution in [0.1, 0.15) is 15.9 Å². The van der Waals surface area contributed by atoms with Gasteiger partial charge in [0.05, 0.1) is 18.1 Å². The van der Waals surface area contributed by atoms with E-state index in [9.17, 15) is 17.6 Å². The zero-order chi connectivity index (χ0) is 20.3. The first-order valence-electron chi connectivity index (χ1n) is 8.66. The second-order valence-corrected chi connectivity index (χ2v) is 9.21. The van der Waals surface area contributed by atoms with Crippen LogP contribution in [0.15, 0.2) is 51.8 Å². The first-order chi connectivity index (χ1) is 13.3. The van der Waals surface area contributed by atoms with Gasteiger partial charge in [-0.2, -0.15) is 4.31 Å². The summed E-state index contributed by atoms with van der Waals surface area (Å²) >= 11 is 3.28. The Labute approximate surface area is 172 Å². The molecule has 0 aliphatic carbocycles. The summed E-state index contributed by atoms with van der Waals surface area (Å²) in [6.45, 7) is 1.52. The number of carbonyl (C=O) groups is 1. The third-order valence-electron chi connectivity index (χ3n) is 4.45. The molecule has 0 N–H and O–H groups in total. The number of amides is 1. The average Bonchev–Trinajstić information content (AvgIpc) is 2.70. The zero-order valence-electron chi connectivity index (χ0n) is 15.3. The van der Waals surface area contributed by atoms with Crippen LogP contribution in [0.25, 0.3) is 0 Å². The van der Waals surface area contributed by atoms with Crippen molar-refractivity contribution in [1.82, 2.24) is 9.21 Å². The van der Waals surface area contributed by atoms with Gasteiger partial charge in [-0.25, -0.2) is 12.8 Å². The van der Waals surface area contributed by atoms with Crippen molar-refractivity contribution >= 4 is 31.9 Å². The third kappa shape index (κ3) is 4.60. The van der Waals surface area contributed by atoms with Gasteiger partial charge in [0, 0.05) is 36.7 Å². The largest absolute Gasteiger partial charge is 0.379 e. The van der Waals surface area contributed by atoms with Gasteiger partial charge in [0.2, 0.25) is 10.0 Å². The number of halogens is 2. The fourth-order valence-corrected chi connectivity index (χ4v) is 5.27. The molecule has 0 unspecified atom stereocenters. The molecule has 150 valence electrons. The number of nitrogens with zero attached hydrogens (tertiary/aromatic N) is 2. The topological polar surface area (TPSA) is 66.9 Å². The maximum atomic E-state index is 13.0. The number of ether oxygens (including phenoxy) is 1. The van der Waals surface area contributed by atoms with Crippen molar-refractivity contribution in [3.63, 3.8) is 0 Å². The SMILES string of the molecule is CN(Cc1ccc(F)cc1)C(=O)c1ccc(Br)c(S(=O)(=O)N2CCOCC2)c1. The van der Waals surface area contributed by atoms with Crippen molar-refractivity contribution in [3.8, 4) is 0 Å². The molecule has 1 aliphatic heterocycles. The average molecular weight is 471 g/mol. The third-order valence-corrected chi connectivity index (χ3v) is 7.34. The van der Waals surface area contributed by atoms with Gasteiger partial charge in [0.15, 0.2) is 0 Å². The Morgan fingerprint density at radius 3 is 2.46 bits per heavy atom. The highest BCUT2D eigenvalue weighted by atomic mass is 79.9. The van der Waals surface area contributed by atoms with E-state index in [0.717, 1.165) is 5.56 Å². The summed E-state index contributed by atoms with van der Waals surface area (Å²) in [5.41, 5.74) is 1.04. The lowest BCUT2D eigenvalue weighted by molar-refractivity contribution is 0.0730. The first-order valence-corrected chi connectivity index (χ1v) is 10.9. The molecule has 3 rings (SSSR count). The Morgan fingerprint density at radius 2 is 1.82 bits per heavy atom. The smallest absolute Gasteiger partial charge is 0.253 e. The molecule has 0 spiro atoms. The number of hydrogen-bond donors (Lipinski definition) is 0. The fraction of sp³-hybridized carbons (Fsp3) is 0.316. The summed E-state index contributed by atoms with van der Waals surface area (Å²) < 4.78 is 45.9. The predicted octanol–water partition coefficient (Wildman–Crippen LogP) is 2.88. The van der Waals surface area contributed by atoms with E-state index >= 15 is 0 Å². The van der Waals surface area contributed by atoms with Gasteiger partial charge in [0.25, 0.3) is 5.91 Å². The molecule has 1 fully saturated rings. The van der Waals surface area contributed by atoms with Crippen molar-refractivity contribution < 1.29 is 22.3 Å². The maximum Gasteiger partial charge on any atom is 0.253 e. The van der Waals surface area contributed by atoms with Crippen LogP contribution in [0.3, 0.4) is 0 Å². The van der Waals surface area contributed by atoms with E-state index < -0.39 is 10.0 Å². The summed E-state index contributed by atoms with van der Waals surface area (Å²) in [5.74, 6) is -0.668. The molecule has 0 radical (unpaired) electrons. The molecule has 0 aromatic heterocycles. The highest BCUT2D eigenvalue weighted by Gasteiger charge is 2.29. The van der Waals surface area contributed by atoms with E-state index in [-0.39, 0.29) is 41.8 Å². The molecule has 1 heterocycles. The highest BCUT2D eigenvalue weighted by molar-refractivity contribution is 9.10. The van der Waals surface area contributed by atoms with Crippen molar-refractivity contribution in [2.24, 2.45) is 0 Å². The Balaban J connectivity index is 1.83. The quantitative estimate of drug-likeness (QED) is 0.673. The monoisotopic (exact) mass is 470 g/mol. The summed E-state index contributed by atoms with van der Waals surface area (Å²) in [4.78, 5) is 14.3. The molecule has 1 amide bonds. The molecule has 2 aromatic carbocycles. The number of hydrogen-bond acceptors (Lipinski definition) is 4. The van der Waals surface area contributed by atoms with Crippen molar-refractivity contribution in [2.75, 3.05) is 33.4 Å². The highest BCUT2D eigenvalue weighted by Crippen LogP contribution is 2.27. The minimum atomic E-state index is -3.74. The van der Waals surface area contributed by atoms with Crippen molar-refractivity contribution in [3.05, 3.63) is 63.9 Å². The lowest BCUT2D eigenvalue weighted by atomic mass is 10.1. The van der Waals surface area contributed by atoms with Crippen molar-refractivity contribution in [2.45, 2.75) is 11.4 Å². The molecule has 0 bridgehead atoms. The Hall–Kier alpha value is -1.81. The van der Waals surface area contributed by atoms with Gasteiger partial charge in [-0.1, -0.05) is 12.1 Å². The van der Waals surface area contributed by atoms with Gasteiger partial charge in [-0.05, 0) is 51.8 Å². The van der Waals surface area contributed by atoms with E-state index in [1.165, 1.54) is 27.4 Å². The van der Waals surface area contributed by atoms with Crippen LogP contribution in [0.5, 0.6) is 0 Å². The zero-order valence-corrected chi connectivity index (χ0v) is 17.7. The van der Waals surface area contributed by atoms with E-state index in [0.29, 0.717) is 17.7 Å². The summed E-state index contributed by atoms with van der Waals surface area (Å²) in [5, 5.41) is 0. The van der Waals surface area contributed by atoms with Crippen LogP contribution in [0.4, 0.5) is 4.39 Å². The minimum absolute atomic E-state index is 0.0513. The minimum Gasteiger partial charge on any atom is -0.379 e. The summed E-state index contributed by atoms with van der Waals surface area (Å²) in [6.07, 6.45) is 0. The standard InChI is InChI=1S/C19H20BrFN2O4S/c1-22(13-14-2-5-16(21)6-3-14)19(24)15-4-7-17(20)18(12-15)28(25,26)23-8-10-27-11-9-23/h2-7,12H,8-11,13H2,1H3. The Kier molecular flexibility index (Phi) is 6.49. The molecule has 28 heavy (non-hydrogen) atoms.